The molecule has 1 aromatic rings. The van der Waals surface area contributed by atoms with Gasteiger partial charge in [-0.05, 0) is 32.9 Å². The van der Waals surface area contributed by atoms with E-state index in [1.54, 1.807) is 29.2 Å². The lowest BCUT2D eigenvalue weighted by Gasteiger charge is -2.37. The first-order chi connectivity index (χ1) is 12.5. The number of carbonyl (C=O) groups excluding carboxylic acids is 1. The quantitative estimate of drug-likeness (QED) is 0.650. The second-order valence-electron chi connectivity index (χ2n) is 7.27. The highest BCUT2D eigenvalue weighted by Gasteiger charge is 2.40. The lowest BCUT2D eigenvalue weighted by Crippen LogP contribution is -2.54. The fraction of sp³-hybridized carbons (Fsp3) is 0.556. The first-order valence-corrected chi connectivity index (χ1v) is 10.3. The molecule has 0 aromatic heterocycles. The van der Waals surface area contributed by atoms with Crippen molar-refractivity contribution >= 4 is 21.9 Å². The van der Waals surface area contributed by atoms with Crippen LogP contribution >= 0.6 is 0 Å². The minimum atomic E-state index is -3.54. The molecule has 8 nitrogen and oxygen atoms in total. The molecule has 150 valence electrons. The highest BCUT2D eigenvalue weighted by molar-refractivity contribution is 7.89. The van der Waals surface area contributed by atoms with Gasteiger partial charge in [0, 0.05) is 39.3 Å². The van der Waals surface area contributed by atoms with E-state index in [1.807, 2.05) is 6.92 Å². The number of carbonyl (C=O) groups is 2. The van der Waals surface area contributed by atoms with E-state index in [-0.39, 0.29) is 11.4 Å². The van der Waals surface area contributed by atoms with E-state index in [2.05, 4.69) is 9.62 Å². The summed E-state index contributed by atoms with van der Waals surface area (Å²) in [6, 6.07) is 6.66. The zero-order valence-electron chi connectivity index (χ0n) is 15.9. The molecule has 0 atom stereocenters. The molecular formula is C18H27N3O5S. The number of carboxylic acids is 1. The Morgan fingerprint density at radius 1 is 1.11 bits per heavy atom. The Kier molecular flexibility index (Phi) is 6.61. The number of aryl methyl sites for hydroxylation is 1. The number of benzene rings is 1. The zero-order valence-corrected chi connectivity index (χ0v) is 16.8. The van der Waals surface area contributed by atoms with E-state index in [1.165, 1.54) is 13.8 Å². The first kappa shape index (κ1) is 21.3. The average Bonchev–Trinajstić information content (AvgIpc) is 2.61. The first-order valence-electron chi connectivity index (χ1n) is 8.85. The molecule has 0 bridgehead atoms. The van der Waals surface area contributed by atoms with Gasteiger partial charge in [0.1, 0.15) is 5.41 Å². The predicted molar refractivity (Wildman–Crippen MR) is 101 cm³/mol. The maximum Gasteiger partial charge on any atom is 0.318 e. The number of nitrogens with zero attached hydrogens (tertiary/aromatic N) is 2. The maximum absolute atomic E-state index is 12.3. The van der Waals surface area contributed by atoms with Crippen LogP contribution in [0.1, 0.15) is 19.4 Å². The lowest BCUT2D eigenvalue weighted by atomic mass is 9.91. The van der Waals surface area contributed by atoms with Crippen molar-refractivity contribution in [2.24, 2.45) is 5.41 Å². The van der Waals surface area contributed by atoms with Gasteiger partial charge >= 0.3 is 5.97 Å². The summed E-state index contributed by atoms with van der Waals surface area (Å²) in [5.41, 5.74) is -0.446. The van der Waals surface area contributed by atoms with Gasteiger partial charge in [-0.25, -0.2) is 13.1 Å². The van der Waals surface area contributed by atoms with Crippen molar-refractivity contribution in [1.29, 1.82) is 0 Å². The topological polar surface area (TPSA) is 107 Å². The van der Waals surface area contributed by atoms with Gasteiger partial charge in [-0.15, -0.1) is 0 Å². The van der Waals surface area contributed by atoms with Crippen molar-refractivity contribution in [2.45, 2.75) is 25.7 Å². The molecule has 9 heteroatoms. The van der Waals surface area contributed by atoms with Gasteiger partial charge in [0.05, 0.1) is 4.90 Å². The summed E-state index contributed by atoms with van der Waals surface area (Å²) in [5.74, 6) is -1.53. The molecule has 1 fully saturated rings. The van der Waals surface area contributed by atoms with Gasteiger partial charge in [0.15, 0.2) is 0 Å². The summed E-state index contributed by atoms with van der Waals surface area (Å²) in [6.07, 6.45) is 0. The fourth-order valence-electron chi connectivity index (χ4n) is 2.80. The molecule has 0 unspecified atom stereocenters. The SMILES string of the molecule is Cc1ccc(S(=O)(=O)NCCN2CCN(C(=O)C(C)(C)C(=O)O)CC2)cc1. The molecule has 1 aliphatic heterocycles. The molecule has 0 saturated carbocycles. The van der Waals surface area contributed by atoms with Crippen LogP contribution in [-0.4, -0.2) is 74.5 Å². The third-order valence-corrected chi connectivity index (χ3v) is 6.26. The van der Waals surface area contributed by atoms with Crippen LogP contribution in [0, 0.1) is 12.3 Å². The second-order valence-corrected chi connectivity index (χ2v) is 9.04. The molecule has 2 rings (SSSR count). The van der Waals surface area contributed by atoms with Gasteiger partial charge in [-0.3, -0.25) is 14.5 Å². The molecular weight excluding hydrogens is 370 g/mol. The third-order valence-electron chi connectivity index (χ3n) is 4.78. The predicted octanol–water partition coefficient (Wildman–Crippen LogP) is 0.528. The van der Waals surface area contributed by atoms with Crippen molar-refractivity contribution < 1.29 is 23.1 Å². The summed E-state index contributed by atoms with van der Waals surface area (Å²) >= 11 is 0. The Bertz CT molecular complexity index is 782. The number of carboxylic acid groups (broad SMARTS) is 1. The highest BCUT2D eigenvalue weighted by Crippen LogP contribution is 2.20. The van der Waals surface area contributed by atoms with Crippen LogP contribution in [0.15, 0.2) is 29.2 Å². The number of nitrogens with one attached hydrogen (secondary N) is 1. The molecule has 1 saturated heterocycles. The standard InChI is InChI=1S/C18H27N3O5S/c1-14-4-6-15(7-5-14)27(25,26)19-8-9-20-10-12-21(13-11-20)16(22)18(2,3)17(23)24/h4-7,19H,8-13H2,1-3H3,(H,23,24). The largest absolute Gasteiger partial charge is 0.480 e. The molecule has 0 aliphatic carbocycles. The minimum Gasteiger partial charge on any atom is -0.480 e. The van der Waals surface area contributed by atoms with E-state index in [0.29, 0.717) is 32.7 Å². The number of hydrogen-bond donors (Lipinski definition) is 2. The van der Waals surface area contributed by atoms with E-state index in [4.69, 9.17) is 0 Å². The fourth-order valence-corrected chi connectivity index (χ4v) is 3.82. The Morgan fingerprint density at radius 3 is 2.19 bits per heavy atom. The maximum atomic E-state index is 12.3. The van der Waals surface area contributed by atoms with Crippen molar-refractivity contribution in [1.82, 2.24) is 14.5 Å². The number of amides is 1. The number of rotatable bonds is 7. The molecule has 2 N–H and O–H groups in total. The zero-order chi connectivity index (χ0) is 20.2. The summed E-state index contributed by atoms with van der Waals surface area (Å²) in [4.78, 5) is 27.4. The van der Waals surface area contributed by atoms with Crippen LogP contribution in [0.25, 0.3) is 0 Å². The number of piperazine rings is 1. The number of sulfonamides is 1. The average molecular weight is 397 g/mol. The van der Waals surface area contributed by atoms with Crippen LogP contribution in [-0.2, 0) is 19.6 Å². The number of aliphatic carboxylic acids is 1. The monoisotopic (exact) mass is 397 g/mol. The lowest BCUT2D eigenvalue weighted by molar-refractivity contribution is -0.159. The number of hydrogen-bond acceptors (Lipinski definition) is 5. The molecule has 1 aliphatic rings. The summed E-state index contributed by atoms with van der Waals surface area (Å²) in [5, 5.41) is 9.17. The molecule has 1 aromatic carbocycles. The Labute approximate surface area is 160 Å². The Morgan fingerprint density at radius 2 is 1.67 bits per heavy atom. The molecule has 0 radical (unpaired) electrons. The van der Waals surface area contributed by atoms with Gasteiger partial charge in [0.2, 0.25) is 15.9 Å². The smallest absolute Gasteiger partial charge is 0.318 e. The summed E-state index contributed by atoms with van der Waals surface area (Å²) in [7, 11) is -3.54. The van der Waals surface area contributed by atoms with E-state index >= 15 is 0 Å². The van der Waals surface area contributed by atoms with Crippen molar-refractivity contribution in [3.8, 4) is 0 Å². The minimum absolute atomic E-state index is 0.236. The summed E-state index contributed by atoms with van der Waals surface area (Å²) < 4.78 is 27.1. The van der Waals surface area contributed by atoms with E-state index in [9.17, 15) is 23.1 Å². The second kappa shape index (κ2) is 8.37. The Hall–Kier alpha value is -1.97. The molecule has 27 heavy (non-hydrogen) atoms. The van der Waals surface area contributed by atoms with Crippen molar-refractivity contribution in [3.05, 3.63) is 29.8 Å². The van der Waals surface area contributed by atoms with E-state index in [0.717, 1.165) is 5.56 Å². The van der Waals surface area contributed by atoms with Gasteiger partial charge in [0.25, 0.3) is 0 Å². The van der Waals surface area contributed by atoms with E-state index < -0.39 is 27.3 Å². The third kappa shape index (κ3) is 5.27. The van der Waals surface area contributed by atoms with Crippen LogP contribution in [0.4, 0.5) is 0 Å². The van der Waals surface area contributed by atoms with Crippen LogP contribution in [0.5, 0.6) is 0 Å². The molecule has 0 spiro atoms. The Balaban J connectivity index is 1.80. The summed E-state index contributed by atoms with van der Waals surface area (Å²) in [6.45, 7) is 7.52. The van der Waals surface area contributed by atoms with Crippen molar-refractivity contribution in [2.75, 3.05) is 39.3 Å². The van der Waals surface area contributed by atoms with Crippen LogP contribution in [0.3, 0.4) is 0 Å². The van der Waals surface area contributed by atoms with Crippen LogP contribution < -0.4 is 4.72 Å². The molecule has 1 amide bonds. The van der Waals surface area contributed by atoms with Gasteiger partial charge in [-0.2, -0.15) is 0 Å². The normalized spacial score (nSPS) is 16.3. The molecule has 1 heterocycles. The van der Waals surface area contributed by atoms with Gasteiger partial charge in [-0.1, -0.05) is 17.7 Å². The highest BCUT2D eigenvalue weighted by atomic mass is 32.2. The van der Waals surface area contributed by atoms with Gasteiger partial charge < -0.3 is 10.0 Å². The van der Waals surface area contributed by atoms with Crippen LogP contribution in [0.2, 0.25) is 0 Å². The van der Waals surface area contributed by atoms with Crippen molar-refractivity contribution in [3.63, 3.8) is 0 Å².